The molecule has 4 heteroatoms. The fourth-order valence-electron chi connectivity index (χ4n) is 4.39. The number of Topliss-reactive ketones (excluding diaryl/α,β-unsaturated/α-hetero) is 1. The van der Waals surface area contributed by atoms with E-state index in [2.05, 4.69) is 19.1 Å². The first-order valence-electron chi connectivity index (χ1n) is 7.26. The third-order valence-electron chi connectivity index (χ3n) is 5.16. The van der Waals surface area contributed by atoms with Crippen molar-refractivity contribution in [3.8, 4) is 6.07 Å². The van der Waals surface area contributed by atoms with Gasteiger partial charge in [0.15, 0.2) is 11.6 Å². The minimum atomic E-state index is -0.562. The molecule has 1 unspecified atom stereocenters. The largest absolute Gasteiger partial charge is 0.347 e. The number of hydrogen-bond donors (Lipinski definition) is 0. The Balaban J connectivity index is 2.03. The van der Waals surface area contributed by atoms with E-state index in [4.69, 9.17) is 9.47 Å². The van der Waals surface area contributed by atoms with Gasteiger partial charge in [0, 0.05) is 18.3 Å². The van der Waals surface area contributed by atoms with Crippen molar-refractivity contribution < 1.29 is 14.3 Å². The van der Waals surface area contributed by atoms with Crippen LogP contribution in [-0.2, 0) is 14.3 Å². The Morgan fingerprint density at radius 2 is 1.95 bits per heavy atom. The molecule has 1 saturated carbocycles. The summed E-state index contributed by atoms with van der Waals surface area (Å²) in [4.78, 5) is 12.5. The summed E-state index contributed by atoms with van der Waals surface area (Å²) in [5.74, 6) is -1.01. The van der Waals surface area contributed by atoms with Crippen LogP contribution in [0.25, 0.3) is 0 Å². The maximum Gasteiger partial charge on any atom is 0.172 e. The predicted octanol–water partition coefficient (Wildman–Crippen LogP) is 2.59. The average molecular weight is 275 g/mol. The Hall–Kier alpha value is -1.18. The van der Waals surface area contributed by atoms with Crippen LogP contribution in [0, 0.1) is 28.1 Å². The molecule has 0 aromatic carbocycles. The summed E-state index contributed by atoms with van der Waals surface area (Å²) in [5.41, 5.74) is 0.403. The molecule has 2 fully saturated rings. The van der Waals surface area contributed by atoms with Gasteiger partial charge in [0.1, 0.15) is 5.92 Å². The molecule has 1 aliphatic heterocycles. The Morgan fingerprint density at radius 3 is 2.55 bits per heavy atom. The van der Waals surface area contributed by atoms with Crippen molar-refractivity contribution in [2.24, 2.45) is 16.7 Å². The fraction of sp³-hybridized carbons (Fsp3) is 0.750. The predicted molar refractivity (Wildman–Crippen MR) is 72.6 cm³/mol. The minimum Gasteiger partial charge on any atom is -0.347 e. The molecule has 2 atom stereocenters. The Kier molecular flexibility index (Phi) is 2.87. The average Bonchev–Trinajstić information content (AvgIpc) is 2.81. The SMILES string of the molecule is CC1(C)C(=O)C(C#N)C[C@]2(C)CC3(CC=C12)OCCO3. The van der Waals surface area contributed by atoms with E-state index in [1.54, 1.807) is 0 Å². The second-order valence-corrected chi connectivity index (χ2v) is 7.04. The molecule has 2 aliphatic carbocycles. The molecular weight excluding hydrogens is 254 g/mol. The summed E-state index contributed by atoms with van der Waals surface area (Å²) >= 11 is 0. The normalized spacial score (nSPS) is 38.2. The third-order valence-corrected chi connectivity index (χ3v) is 5.16. The number of carbonyl (C=O) groups excluding carboxylic acids is 1. The first kappa shape index (κ1) is 13.8. The lowest BCUT2D eigenvalue weighted by Gasteiger charge is -2.52. The van der Waals surface area contributed by atoms with Crippen molar-refractivity contribution in [1.29, 1.82) is 5.26 Å². The summed E-state index contributed by atoms with van der Waals surface area (Å²) in [6.07, 6.45) is 4.14. The van der Waals surface area contributed by atoms with Crippen molar-refractivity contribution in [3.05, 3.63) is 11.6 Å². The van der Waals surface area contributed by atoms with Crippen molar-refractivity contribution in [3.63, 3.8) is 0 Å². The van der Waals surface area contributed by atoms with E-state index in [1.165, 1.54) is 0 Å². The Morgan fingerprint density at radius 1 is 1.30 bits per heavy atom. The van der Waals surface area contributed by atoms with Gasteiger partial charge in [0.05, 0.1) is 19.3 Å². The molecule has 108 valence electrons. The van der Waals surface area contributed by atoms with E-state index >= 15 is 0 Å². The van der Waals surface area contributed by atoms with Gasteiger partial charge in [-0.3, -0.25) is 4.79 Å². The van der Waals surface area contributed by atoms with Gasteiger partial charge < -0.3 is 9.47 Å². The van der Waals surface area contributed by atoms with Gasteiger partial charge in [-0.25, -0.2) is 0 Å². The summed E-state index contributed by atoms with van der Waals surface area (Å²) in [6.45, 7) is 7.28. The zero-order valence-electron chi connectivity index (χ0n) is 12.4. The van der Waals surface area contributed by atoms with E-state index in [0.29, 0.717) is 26.1 Å². The molecule has 1 saturated heterocycles. The van der Waals surface area contributed by atoms with Crippen molar-refractivity contribution in [2.75, 3.05) is 13.2 Å². The van der Waals surface area contributed by atoms with Crippen molar-refractivity contribution in [1.82, 2.24) is 0 Å². The smallest absolute Gasteiger partial charge is 0.172 e. The molecule has 0 radical (unpaired) electrons. The molecular formula is C16H21NO3. The summed E-state index contributed by atoms with van der Waals surface area (Å²) < 4.78 is 11.6. The molecule has 0 N–H and O–H groups in total. The van der Waals surface area contributed by atoms with Crippen molar-refractivity contribution in [2.45, 2.75) is 45.8 Å². The van der Waals surface area contributed by atoms with E-state index in [9.17, 15) is 10.1 Å². The summed E-state index contributed by atoms with van der Waals surface area (Å²) in [6, 6.07) is 2.19. The van der Waals surface area contributed by atoms with E-state index < -0.39 is 17.1 Å². The lowest BCUT2D eigenvalue weighted by atomic mass is 9.53. The Bertz CT molecular complexity index is 522. The highest BCUT2D eigenvalue weighted by Crippen LogP contribution is 2.58. The van der Waals surface area contributed by atoms with Crippen LogP contribution in [0.3, 0.4) is 0 Å². The highest BCUT2D eigenvalue weighted by Gasteiger charge is 2.57. The molecule has 0 bridgehead atoms. The maximum atomic E-state index is 12.5. The van der Waals surface area contributed by atoms with Crippen molar-refractivity contribution >= 4 is 5.78 Å². The van der Waals surface area contributed by atoms with Crippen LogP contribution in [0.15, 0.2) is 11.6 Å². The zero-order valence-corrected chi connectivity index (χ0v) is 12.4. The maximum absolute atomic E-state index is 12.5. The second-order valence-electron chi connectivity index (χ2n) is 7.04. The number of ketones is 1. The standard InChI is InChI=1S/C16H21NO3/c1-14(2)12-4-5-16(19-6-7-20-16)10-15(12,3)8-11(9-17)13(14)18/h4,11H,5-8,10H2,1-3H3/t11?,15-/m1/s1. The molecule has 20 heavy (non-hydrogen) atoms. The molecule has 4 nitrogen and oxygen atoms in total. The summed E-state index contributed by atoms with van der Waals surface area (Å²) in [7, 11) is 0. The molecule has 0 aromatic heterocycles. The van der Waals surface area contributed by atoms with Crippen LogP contribution in [0.2, 0.25) is 0 Å². The number of nitriles is 1. The third kappa shape index (κ3) is 1.77. The highest BCUT2D eigenvalue weighted by molar-refractivity contribution is 5.92. The fourth-order valence-corrected chi connectivity index (χ4v) is 4.39. The minimum absolute atomic E-state index is 0.0490. The number of rotatable bonds is 0. The Labute approximate surface area is 119 Å². The highest BCUT2D eigenvalue weighted by atomic mass is 16.7. The lowest BCUT2D eigenvalue weighted by Crippen LogP contribution is -2.51. The number of allylic oxidation sites excluding steroid dienone is 1. The number of carbonyl (C=O) groups is 1. The van der Waals surface area contributed by atoms with Crippen LogP contribution in [0.5, 0.6) is 0 Å². The lowest BCUT2D eigenvalue weighted by molar-refractivity contribution is -0.184. The summed E-state index contributed by atoms with van der Waals surface area (Å²) in [5, 5.41) is 9.30. The number of hydrogen-bond acceptors (Lipinski definition) is 4. The molecule has 3 rings (SSSR count). The first-order valence-corrected chi connectivity index (χ1v) is 7.26. The van der Waals surface area contributed by atoms with Gasteiger partial charge in [-0.2, -0.15) is 5.26 Å². The number of ether oxygens (including phenoxy) is 2. The van der Waals surface area contributed by atoms with E-state index in [1.807, 2.05) is 13.8 Å². The van der Waals surface area contributed by atoms with E-state index in [0.717, 1.165) is 12.0 Å². The van der Waals surface area contributed by atoms with Crippen LogP contribution >= 0.6 is 0 Å². The first-order chi connectivity index (χ1) is 9.33. The monoisotopic (exact) mass is 275 g/mol. The topological polar surface area (TPSA) is 59.3 Å². The van der Waals surface area contributed by atoms with Gasteiger partial charge >= 0.3 is 0 Å². The molecule has 0 aromatic rings. The van der Waals surface area contributed by atoms with Gasteiger partial charge in [0.25, 0.3) is 0 Å². The molecule has 1 heterocycles. The van der Waals surface area contributed by atoms with Gasteiger partial charge in [0.2, 0.25) is 0 Å². The zero-order chi connectivity index (χ0) is 14.6. The van der Waals surface area contributed by atoms with Crippen LogP contribution in [-0.4, -0.2) is 24.8 Å². The second kappa shape index (κ2) is 4.16. The number of nitrogens with zero attached hydrogens (tertiary/aromatic N) is 1. The van der Waals surface area contributed by atoms with Gasteiger partial charge in [-0.1, -0.05) is 18.6 Å². The molecule has 0 amide bonds. The molecule has 1 spiro atoms. The van der Waals surface area contributed by atoms with Gasteiger partial charge in [-0.15, -0.1) is 0 Å². The quantitative estimate of drug-likeness (QED) is 0.638. The van der Waals surface area contributed by atoms with Gasteiger partial charge in [-0.05, 0) is 25.7 Å². The van der Waals surface area contributed by atoms with Crippen LogP contribution < -0.4 is 0 Å². The van der Waals surface area contributed by atoms with Crippen LogP contribution in [0.4, 0.5) is 0 Å². The number of fused-ring (bicyclic) bond motifs is 1. The molecule has 3 aliphatic rings. The van der Waals surface area contributed by atoms with E-state index in [-0.39, 0.29) is 11.2 Å². The van der Waals surface area contributed by atoms with Crippen LogP contribution in [0.1, 0.15) is 40.0 Å².